The van der Waals surface area contributed by atoms with Crippen molar-refractivity contribution < 1.29 is 15.3 Å². The van der Waals surface area contributed by atoms with E-state index < -0.39 is 12.4 Å². The van der Waals surface area contributed by atoms with E-state index in [1.165, 1.54) is 0 Å². The van der Waals surface area contributed by atoms with Crippen LogP contribution in [0.2, 0.25) is 0 Å². The van der Waals surface area contributed by atoms with Gasteiger partial charge < -0.3 is 21.1 Å². The Bertz CT molecular complexity index is 258. The summed E-state index contributed by atoms with van der Waals surface area (Å²) in [6, 6.07) is 6.71. The minimum Gasteiger partial charge on any atom is -0.383 e. The van der Waals surface area contributed by atoms with Crippen molar-refractivity contribution in [1.29, 1.82) is 0 Å². The highest BCUT2D eigenvalue weighted by molar-refractivity contribution is 5.24. The maximum absolute atomic E-state index is 9.23. The summed E-state index contributed by atoms with van der Waals surface area (Å²) in [5, 5.41) is 26.6. The van der Waals surface area contributed by atoms with E-state index in [9.17, 15) is 5.11 Å². The van der Waals surface area contributed by atoms with Crippen LogP contribution in [0.15, 0.2) is 24.3 Å². The van der Waals surface area contributed by atoms with Crippen molar-refractivity contribution in [3.05, 3.63) is 35.4 Å². The minimum absolute atomic E-state index is 0.429. The van der Waals surface area contributed by atoms with E-state index in [0.29, 0.717) is 12.1 Å². The molecule has 0 amide bonds. The SMILES string of the molecule is NCc1ccc(C(O)C(O)O)cc1. The Labute approximate surface area is 76.2 Å². The fourth-order valence-corrected chi connectivity index (χ4v) is 1.02. The Morgan fingerprint density at radius 1 is 1.08 bits per heavy atom. The molecule has 1 rings (SSSR count). The molecule has 1 atom stereocenters. The van der Waals surface area contributed by atoms with Gasteiger partial charge in [0.2, 0.25) is 0 Å². The van der Waals surface area contributed by atoms with Gasteiger partial charge in [-0.15, -0.1) is 0 Å². The summed E-state index contributed by atoms with van der Waals surface area (Å²) >= 11 is 0. The second kappa shape index (κ2) is 4.34. The van der Waals surface area contributed by atoms with Crippen LogP contribution in [0.25, 0.3) is 0 Å². The van der Waals surface area contributed by atoms with Crippen molar-refractivity contribution >= 4 is 0 Å². The van der Waals surface area contributed by atoms with Gasteiger partial charge in [0, 0.05) is 6.54 Å². The first-order valence-electron chi connectivity index (χ1n) is 3.98. The quantitative estimate of drug-likeness (QED) is 0.475. The van der Waals surface area contributed by atoms with Crippen LogP contribution in [0.4, 0.5) is 0 Å². The van der Waals surface area contributed by atoms with Gasteiger partial charge in [-0.25, -0.2) is 0 Å². The van der Waals surface area contributed by atoms with E-state index in [4.69, 9.17) is 15.9 Å². The molecule has 0 saturated heterocycles. The third-order valence-corrected chi connectivity index (χ3v) is 1.84. The third kappa shape index (κ3) is 2.50. The van der Waals surface area contributed by atoms with Crippen LogP contribution in [0.3, 0.4) is 0 Å². The molecular weight excluding hydrogens is 170 g/mol. The highest BCUT2D eigenvalue weighted by Gasteiger charge is 2.14. The van der Waals surface area contributed by atoms with Gasteiger partial charge >= 0.3 is 0 Å². The molecule has 4 nitrogen and oxygen atoms in total. The molecule has 0 aliphatic carbocycles. The Morgan fingerprint density at radius 3 is 2.00 bits per heavy atom. The second-order valence-electron chi connectivity index (χ2n) is 2.80. The van der Waals surface area contributed by atoms with E-state index in [0.717, 1.165) is 5.56 Å². The van der Waals surface area contributed by atoms with Crippen LogP contribution in [0.5, 0.6) is 0 Å². The van der Waals surface area contributed by atoms with Gasteiger partial charge in [0.25, 0.3) is 0 Å². The van der Waals surface area contributed by atoms with Crippen LogP contribution >= 0.6 is 0 Å². The van der Waals surface area contributed by atoms with Crippen LogP contribution in [-0.2, 0) is 6.54 Å². The van der Waals surface area contributed by atoms with Gasteiger partial charge in [-0.2, -0.15) is 0 Å². The molecule has 1 aromatic rings. The van der Waals surface area contributed by atoms with E-state index in [1.54, 1.807) is 24.3 Å². The van der Waals surface area contributed by atoms with Gasteiger partial charge in [-0.3, -0.25) is 0 Å². The number of hydrogen-bond donors (Lipinski definition) is 4. The average Bonchev–Trinajstić information content (AvgIpc) is 2.17. The molecule has 0 aliphatic heterocycles. The molecule has 0 aliphatic rings. The van der Waals surface area contributed by atoms with Crippen molar-refractivity contribution in [2.75, 3.05) is 0 Å². The molecule has 0 heterocycles. The molecule has 5 N–H and O–H groups in total. The first-order valence-corrected chi connectivity index (χ1v) is 3.98. The minimum atomic E-state index is -1.75. The molecule has 4 heteroatoms. The topological polar surface area (TPSA) is 86.7 Å². The fourth-order valence-electron chi connectivity index (χ4n) is 1.02. The lowest BCUT2D eigenvalue weighted by atomic mass is 10.1. The van der Waals surface area contributed by atoms with E-state index >= 15 is 0 Å². The Kier molecular flexibility index (Phi) is 3.39. The number of aliphatic hydroxyl groups is 3. The number of aliphatic hydroxyl groups excluding tert-OH is 2. The number of hydrogen-bond acceptors (Lipinski definition) is 4. The molecule has 0 fully saturated rings. The molecular formula is C9H13NO3. The zero-order valence-electron chi connectivity index (χ0n) is 7.09. The summed E-state index contributed by atoms with van der Waals surface area (Å²) in [6.45, 7) is 0.429. The van der Waals surface area contributed by atoms with Gasteiger partial charge in [-0.1, -0.05) is 24.3 Å². The lowest BCUT2D eigenvalue weighted by Crippen LogP contribution is -2.16. The normalized spacial score (nSPS) is 13.3. The van der Waals surface area contributed by atoms with Gasteiger partial charge in [-0.05, 0) is 11.1 Å². The van der Waals surface area contributed by atoms with Crippen molar-refractivity contribution in [3.63, 3.8) is 0 Å². The molecule has 13 heavy (non-hydrogen) atoms. The summed E-state index contributed by atoms with van der Waals surface area (Å²) in [7, 11) is 0. The molecule has 0 spiro atoms. The van der Waals surface area contributed by atoms with E-state index in [-0.39, 0.29) is 0 Å². The van der Waals surface area contributed by atoms with E-state index in [1.807, 2.05) is 0 Å². The summed E-state index contributed by atoms with van der Waals surface area (Å²) < 4.78 is 0. The zero-order valence-corrected chi connectivity index (χ0v) is 7.09. The predicted octanol–water partition coefficient (Wildman–Crippen LogP) is -0.511. The Hall–Kier alpha value is -0.940. The second-order valence-corrected chi connectivity index (χ2v) is 2.80. The molecule has 1 unspecified atom stereocenters. The Morgan fingerprint density at radius 2 is 1.62 bits per heavy atom. The maximum atomic E-state index is 9.23. The first kappa shape index (κ1) is 10.1. The predicted molar refractivity (Wildman–Crippen MR) is 47.5 cm³/mol. The zero-order chi connectivity index (χ0) is 9.84. The number of rotatable bonds is 3. The molecule has 0 radical (unpaired) electrons. The summed E-state index contributed by atoms with van der Waals surface area (Å²) in [5.41, 5.74) is 6.77. The van der Waals surface area contributed by atoms with Crippen molar-refractivity contribution in [1.82, 2.24) is 0 Å². The Balaban J connectivity index is 2.79. The van der Waals surface area contributed by atoms with Crippen LogP contribution in [-0.4, -0.2) is 21.6 Å². The molecule has 1 aromatic carbocycles. The van der Waals surface area contributed by atoms with Crippen molar-refractivity contribution in [2.45, 2.75) is 18.9 Å². The summed E-state index contributed by atoms with van der Waals surface area (Å²) in [6.07, 6.45) is -3.00. The molecule has 72 valence electrons. The maximum Gasteiger partial charge on any atom is 0.182 e. The molecule has 0 bridgehead atoms. The standard InChI is InChI=1S/C9H13NO3/c10-5-6-1-3-7(4-2-6)8(11)9(12)13/h1-4,8-9,11-13H,5,10H2. The smallest absolute Gasteiger partial charge is 0.182 e. The van der Waals surface area contributed by atoms with E-state index in [2.05, 4.69) is 0 Å². The monoisotopic (exact) mass is 183 g/mol. The number of benzene rings is 1. The molecule has 0 aromatic heterocycles. The molecule has 0 saturated carbocycles. The lowest BCUT2D eigenvalue weighted by Gasteiger charge is -2.12. The summed E-state index contributed by atoms with van der Waals surface area (Å²) in [5.74, 6) is 0. The third-order valence-electron chi connectivity index (χ3n) is 1.84. The van der Waals surface area contributed by atoms with Crippen molar-refractivity contribution in [3.8, 4) is 0 Å². The largest absolute Gasteiger partial charge is 0.383 e. The summed E-state index contributed by atoms with van der Waals surface area (Å²) in [4.78, 5) is 0. The highest BCUT2D eigenvalue weighted by Crippen LogP contribution is 2.15. The van der Waals surface area contributed by atoms with Crippen LogP contribution < -0.4 is 5.73 Å². The fraction of sp³-hybridized carbons (Fsp3) is 0.333. The van der Waals surface area contributed by atoms with Gasteiger partial charge in [0.05, 0.1) is 0 Å². The first-order chi connectivity index (χ1) is 6.15. The van der Waals surface area contributed by atoms with Gasteiger partial charge in [0.15, 0.2) is 6.29 Å². The van der Waals surface area contributed by atoms with Crippen LogP contribution in [0.1, 0.15) is 17.2 Å². The van der Waals surface area contributed by atoms with Crippen LogP contribution in [0, 0.1) is 0 Å². The lowest BCUT2D eigenvalue weighted by molar-refractivity contribution is -0.123. The van der Waals surface area contributed by atoms with Crippen molar-refractivity contribution in [2.24, 2.45) is 5.73 Å². The highest BCUT2D eigenvalue weighted by atomic mass is 16.5. The number of nitrogens with two attached hydrogens (primary N) is 1. The van der Waals surface area contributed by atoms with Gasteiger partial charge in [0.1, 0.15) is 6.10 Å². The average molecular weight is 183 g/mol.